The van der Waals surface area contributed by atoms with Gasteiger partial charge in [-0.2, -0.15) is 5.26 Å². The molecular formula is C13H17N3O3S. The molecule has 1 aromatic rings. The Morgan fingerprint density at radius 1 is 1.50 bits per heavy atom. The minimum Gasteiger partial charge on any atom is -0.465 e. The first-order valence-electron chi connectivity index (χ1n) is 6.42. The number of esters is 1. The molecule has 1 heterocycles. The number of aliphatic hydroxyl groups excluding tert-OH is 1. The lowest BCUT2D eigenvalue weighted by Crippen LogP contribution is -2.28. The fraction of sp³-hybridized carbons (Fsp3) is 0.538. The SMILES string of the molecule is COC(=O)c1sc(NC2CCC(O)CC2)c(C#N)c1N. The van der Waals surface area contributed by atoms with Gasteiger partial charge in [-0.3, -0.25) is 0 Å². The second kappa shape index (κ2) is 6.11. The topological polar surface area (TPSA) is 108 Å². The number of rotatable bonds is 3. The molecular weight excluding hydrogens is 278 g/mol. The van der Waals surface area contributed by atoms with E-state index >= 15 is 0 Å². The first kappa shape index (κ1) is 14.6. The minimum absolute atomic E-state index is 0.169. The number of carbonyl (C=O) groups excluding carboxylic acids is 1. The van der Waals surface area contributed by atoms with Gasteiger partial charge >= 0.3 is 5.97 Å². The Hall–Kier alpha value is -1.78. The van der Waals surface area contributed by atoms with Crippen LogP contribution in [0.25, 0.3) is 0 Å². The van der Waals surface area contributed by atoms with E-state index in [4.69, 9.17) is 5.73 Å². The molecule has 0 radical (unpaired) electrons. The number of aliphatic hydroxyl groups is 1. The number of carbonyl (C=O) groups is 1. The molecule has 0 spiro atoms. The van der Waals surface area contributed by atoms with Gasteiger partial charge in [0.05, 0.1) is 18.9 Å². The largest absolute Gasteiger partial charge is 0.465 e. The lowest BCUT2D eigenvalue weighted by Gasteiger charge is -2.26. The van der Waals surface area contributed by atoms with Crippen LogP contribution in [0.15, 0.2) is 0 Å². The predicted molar refractivity (Wildman–Crippen MR) is 76.7 cm³/mol. The van der Waals surface area contributed by atoms with Gasteiger partial charge in [0.1, 0.15) is 21.5 Å². The molecule has 0 aliphatic heterocycles. The summed E-state index contributed by atoms with van der Waals surface area (Å²) in [5.41, 5.74) is 6.29. The van der Waals surface area contributed by atoms with Crippen molar-refractivity contribution in [3.05, 3.63) is 10.4 Å². The van der Waals surface area contributed by atoms with Crippen LogP contribution >= 0.6 is 11.3 Å². The first-order valence-corrected chi connectivity index (χ1v) is 7.23. The summed E-state index contributed by atoms with van der Waals surface area (Å²) in [6.07, 6.45) is 2.91. The Bertz CT molecular complexity index is 542. The second-order valence-corrected chi connectivity index (χ2v) is 5.82. The van der Waals surface area contributed by atoms with Crippen LogP contribution in [-0.2, 0) is 4.74 Å². The van der Waals surface area contributed by atoms with E-state index in [9.17, 15) is 15.2 Å². The summed E-state index contributed by atoms with van der Waals surface area (Å²) in [4.78, 5) is 11.8. The van der Waals surface area contributed by atoms with Crippen LogP contribution < -0.4 is 11.1 Å². The van der Waals surface area contributed by atoms with Crippen LogP contribution in [0.2, 0.25) is 0 Å². The number of hydrogen-bond acceptors (Lipinski definition) is 7. The molecule has 108 valence electrons. The molecule has 4 N–H and O–H groups in total. The summed E-state index contributed by atoms with van der Waals surface area (Å²) in [5, 5.41) is 22.5. The molecule has 1 saturated carbocycles. The number of nitrogens with two attached hydrogens (primary N) is 1. The molecule has 0 unspecified atom stereocenters. The van der Waals surface area contributed by atoms with Gasteiger partial charge in [0.15, 0.2) is 0 Å². The van der Waals surface area contributed by atoms with Gasteiger partial charge in [0, 0.05) is 6.04 Å². The molecule has 0 saturated heterocycles. The molecule has 1 aliphatic carbocycles. The highest BCUT2D eigenvalue weighted by Gasteiger charge is 2.25. The molecule has 7 heteroatoms. The zero-order valence-corrected chi connectivity index (χ0v) is 12.0. The van der Waals surface area contributed by atoms with Crippen molar-refractivity contribution in [2.24, 2.45) is 0 Å². The van der Waals surface area contributed by atoms with E-state index in [0.29, 0.717) is 10.6 Å². The van der Waals surface area contributed by atoms with E-state index in [1.165, 1.54) is 7.11 Å². The summed E-state index contributed by atoms with van der Waals surface area (Å²) in [6.45, 7) is 0. The third-order valence-corrected chi connectivity index (χ3v) is 4.58. The highest BCUT2D eigenvalue weighted by molar-refractivity contribution is 7.18. The maximum Gasteiger partial charge on any atom is 0.350 e. The number of methoxy groups -OCH3 is 1. The Morgan fingerprint density at radius 3 is 2.70 bits per heavy atom. The van der Waals surface area contributed by atoms with Gasteiger partial charge in [-0.25, -0.2) is 4.79 Å². The highest BCUT2D eigenvalue weighted by Crippen LogP contribution is 2.37. The molecule has 20 heavy (non-hydrogen) atoms. The van der Waals surface area contributed by atoms with Crippen molar-refractivity contribution in [2.45, 2.75) is 37.8 Å². The Balaban J connectivity index is 2.19. The van der Waals surface area contributed by atoms with E-state index < -0.39 is 5.97 Å². The average Bonchev–Trinajstić information content (AvgIpc) is 2.76. The van der Waals surface area contributed by atoms with Crippen molar-refractivity contribution < 1.29 is 14.6 Å². The lowest BCUT2D eigenvalue weighted by molar-refractivity contribution is 0.0607. The van der Waals surface area contributed by atoms with Gasteiger partial charge in [0.25, 0.3) is 0 Å². The number of thiophene rings is 1. The maximum absolute atomic E-state index is 11.6. The van der Waals surface area contributed by atoms with Crippen LogP contribution in [0.1, 0.15) is 40.9 Å². The summed E-state index contributed by atoms with van der Waals surface area (Å²) >= 11 is 1.14. The van der Waals surface area contributed by atoms with Crippen molar-refractivity contribution in [1.82, 2.24) is 0 Å². The molecule has 6 nitrogen and oxygen atoms in total. The van der Waals surface area contributed by atoms with Gasteiger partial charge in [-0.15, -0.1) is 11.3 Å². The number of nitriles is 1. The summed E-state index contributed by atoms with van der Waals surface area (Å²) in [7, 11) is 1.28. The molecule has 0 aromatic carbocycles. The number of hydrogen-bond donors (Lipinski definition) is 3. The second-order valence-electron chi connectivity index (χ2n) is 4.80. The van der Waals surface area contributed by atoms with Crippen molar-refractivity contribution in [2.75, 3.05) is 18.2 Å². The quantitative estimate of drug-likeness (QED) is 0.732. The third-order valence-electron chi connectivity index (χ3n) is 3.46. The average molecular weight is 295 g/mol. The maximum atomic E-state index is 11.6. The summed E-state index contributed by atoms with van der Waals surface area (Å²) < 4.78 is 4.66. The number of ether oxygens (including phenoxy) is 1. The molecule has 0 amide bonds. The van der Waals surface area contributed by atoms with Crippen molar-refractivity contribution >= 4 is 28.0 Å². The Labute approximate surface area is 121 Å². The van der Waals surface area contributed by atoms with Gasteiger partial charge < -0.3 is 20.9 Å². The Morgan fingerprint density at radius 2 is 2.15 bits per heavy atom. The van der Waals surface area contributed by atoms with Crippen LogP contribution in [-0.4, -0.2) is 30.3 Å². The molecule has 2 rings (SSSR count). The fourth-order valence-electron chi connectivity index (χ4n) is 2.31. The minimum atomic E-state index is -0.531. The smallest absolute Gasteiger partial charge is 0.350 e. The summed E-state index contributed by atoms with van der Waals surface area (Å²) in [6, 6.07) is 2.22. The van der Waals surface area contributed by atoms with E-state index in [-0.39, 0.29) is 22.7 Å². The fourth-order valence-corrected chi connectivity index (χ4v) is 3.37. The normalized spacial score (nSPS) is 22.1. The zero-order chi connectivity index (χ0) is 14.7. The van der Waals surface area contributed by atoms with Crippen LogP contribution in [0.5, 0.6) is 0 Å². The third kappa shape index (κ3) is 2.86. The number of nitrogen functional groups attached to an aromatic ring is 1. The van der Waals surface area contributed by atoms with Crippen LogP contribution in [0, 0.1) is 11.3 Å². The van der Waals surface area contributed by atoms with Gasteiger partial charge in [-0.05, 0) is 25.7 Å². The van der Waals surface area contributed by atoms with E-state index in [2.05, 4.69) is 10.1 Å². The standard InChI is InChI=1S/C13H17N3O3S/c1-19-13(18)11-10(15)9(6-14)12(20-11)16-7-2-4-8(17)5-3-7/h7-8,16-17H,2-5,15H2,1H3. The zero-order valence-electron chi connectivity index (χ0n) is 11.2. The molecule has 1 aromatic heterocycles. The summed E-state index contributed by atoms with van der Waals surface area (Å²) in [5.74, 6) is -0.531. The first-order chi connectivity index (χ1) is 9.56. The van der Waals surface area contributed by atoms with E-state index in [1.54, 1.807) is 0 Å². The van der Waals surface area contributed by atoms with Crippen molar-refractivity contribution in [3.63, 3.8) is 0 Å². The molecule has 0 bridgehead atoms. The monoisotopic (exact) mass is 295 g/mol. The van der Waals surface area contributed by atoms with Gasteiger partial charge in [-0.1, -0.05) is 0 Å². The van der Waals surface area contributed by atoms with Crippen molar-refractivity contribution in [3.8, 4) is 6.07 Å². The number of nitrogens with one attached hydrogen (secondary N) is 1. The van der Waals surface area contributed by atoms with Gasteiger partial charge in [0.2, 0.25) is 0 Å². The van der Waals surface area contributed by atoms with E-state index in [1.807, 2.05) is 6.07 Å². The number of anilines is 2. The Kier molecular flexibility index (Phi) is 4.47. The van der Waals surface area contributed by atoms with Crippen molar-refractivity contribution in [1.29, 1.82) is 5.26 Å². The molecule has 0 atom stereocenters. The van der Waals surface area contributed by atoms with Crippen LogP contribution in [0.3, 0.4) is 0 Å². The molecule has 1 aliphatic rings. The van der Waals surface area contributed by atoms with Crippen LogP contribution in [0.4, 0.5) is 10.7 Å². The predicted octanol–water partition coefficient (Wildman–Crippen LogP) is 1.70. The lowest BCUT2D eigenvalue weighted by atomic mass is 9.93. The molecule has 1 fully saturated rings. The van der Waals surface area contributed by atoms with E-state index in [0.717, 1.165) is 37.0 Å². The number of nitrogens with zero attached hydrogens (tertiary/aromatic N) is 1. The highest BCUT2D eigenvalue weighted by atomic mass is 32.1.